The lowest BCUT2D eigenvalue weighted by molar-refractivity contribution is -0.130. The summed E-state index contributed by atoms with van der Waals surface area (Å²) in [6.07, 6.45) is 1.23. The minimum absolute atomic E-state index is 0. The lowest BCUT2D eigenvalue weighted by Crippen LogP contribution is -2.60. The van der Waals surface area contributed by atoms with E-state index in [1.165, 1.54) is 0 Å². The number of methoxy groups -OCH3 is 1. The van der Waals surface area contributed by atoms with Gasteiger partial charge in [-0.1, -0.05) is 42.5 Å². The molecule has 9 nitrogen and oxygen atoms in total. The Kier molecular flexibility index (Phi) is 10.1. The van der Waals surface area contributed by atoms with Crippen molar-refractivity contribution < 1.29 is 23.9 Å². The number of fused-ring (bicyclic) bond motifs is 2. The minimum atomic E-state index is -0.976. The van der Waals surface area contributed by atoms with Crippen LogP contribution in [-0.2, 0) is 25.7 Å². The molecule has 2 N–H and O–H groups in total. The number of ether oxygens (including phenoxy) is 2. The Morgan fingerprint density at radius 1 is 1.02 bits per heavy atom. The van der Waals surface area contributed by atoms with Gasteiger partial charge in [0.2, 0.25) is 11.8 Å². The van der Waals surface area contributed by atoms with Crippen LogP contribution in [0.1, 0.15) is 32.3 Å². The third kappa shape index (κ3) is 5.95. The summed E-state index contributed by atoms with van der Waals surface area (Å²) in [4.78, 5) is 45.2. The Labute approximate surface area is 252 Å². The molecule has 0 spiro atoms. The molecule has 0 unspecified atom stereocenters. The first-order chi connectivity index (χ1) is 19.8. The van der Waals surface area contributed by atoms with E-state index in [4.69, 9.17) is 9.47 Å². The zero-order valence-electron chi connectivity index (χ0n) is 24.5. The number of hydrogen-bond acceptors (Lipinski definition) is 6. The highest BCUT2D eigenvalue weighted by atomic mass is 35.5. The molecule has 3 aromatic carbocycles. The van der Waals surface area contributed by atoms with Crippen molar-refractivity contribution in [2.45, 2.75) is 51.4 Å². The number of nitrogens with one attached hydrogen (secondary N) is 2. The van der Waals surface area contributed by atoms with Crippen LogP contribution in [0.25, 0.3) is 10.8 Å². The fourth-order valence-corrected chi connectivity index (χ4v) is 5.80. The summed E-state index contributed by atoms with van der Waals surface area (Å²) in [7, 11) is 3.31. The van der Waals surface area contributed by atoms with Gasteiger partial charge >= 0.3 is 0 Å². The van der Waals surface area contributed by atoms with Crippen molar-refractivity contribution in [1.29, 1.82) is 0 Å². The maximum Gasteiger partial charge on any atom is 0.252 e. The summed E-state index contributed by atoms with van der Waals surface area (Å²) >= 11 is 0. The fourth-order valence-electron chi connectivity index (χ4n) is 5.80. The van der Waals surface area contributed by atoms with Gasteiger partial charge in [-0.3, -0.25) is 14.4 Å². The number of amides is 3. The average Bonchev–Trinajstić information content (AvgIpc) is 3.09. The van der Waals surface area contributed by atoms with E-state index in [1.54, 1.807) is 30.9 Å². The van der Waals surface area contributed by atoms with E-state index < -0.39 is 18.1 Å². The molecule has 0 bridgehead atoms. The van der Waals surface area contributed by atoms with E-state index in [-0.39, 0.29) is 42.6 Å². The zero-order valence-corrected chi connectivity index (χ0v) is 25.3. The highest BCUT2D eigenvalue weighted by molar-refractivity contribution is 6.09. The van der Waals surface area contributed by atoms with Crippen LogP contribution >= 0.6 is 12.4 Å². The van der Waals surface area contributed by atoms with Crippen molar-refractivity contribution in [3.63, 3.8) is 0 Å². The number of anilines is 2. The first-order valence-corrected chi connectivity index (χ1v) is 14.2. The summed E-state index contributed by atoms with van der Waals surface area (Å²) < 4.78 is 11.3. The number of rotatable bonds is 7. The molecule has 0 radical (unpaired) electrons. The van der Waals surface area contributed by atoms with Gasteiger partial charge in [0.1, 0.15) is 11.8 Å². The van der Waals surface area contributed by atoms with Gasteiger partial charge in [-0.25, -0.2) is 0 Å². The second-order valence-corrected chi connectivity index (χ2v) is 10.7. The Morgan fingerprint density at radius 2 is 1.69 bits per heavy atom. The standard InChI is InChI=1S/C32H38N4O5.ClH/c1-20(33-3)30(37)34-29-21(2)36(31(38)23-15-17-41-18-16-23)27-12-8-7-11-26(27)35(32(29)39)19-25-24-10-6-5-9-22(24)13-14-28(25)40-4;/h5-14,20-21,23,29,33H,15-19H2,1-4H3,(H,34,37);1H/t20-,21-,29-;/m0./s1. The van der Waals surface area contributed by atoms with Gasteiger partial charge in [0.15, 0.2) is 0 Å². The summed E-state index contributed by atoms with van der Waals surface area (Å²) in [5.41, 5.74) is 2.10. The van der Waals surface area contributed by atoms with Gasteiger partial charge in [-0.05, 0) is 62.7 Å². The normalized spacial score (nSPS) is 19.9. The highest BCUT2D eigenvalue weighted by Gasteiger charge is 2.44. The largest absolute Gasteiger partial charge is 0.496 e. The van der Waals surface area contributed by atoms with Gasteiger partial charge < -0.3 is 29.9 Å². The van der Waals surface area contributed by atoms with Crippen molar-refractivity contribution in [2.24, 2.45) is 5.92 Å². The number of carbonyl (C=O) groups excluding carboxylic acids is 3. The first-order valence-electron chi connectivity index (χ1n) is 14.2. The molecule has 1 saturated heterocycles. The Bertz CT molecular complexity index is 1440. The first kappa shape index (κ1) is 31.3. The predicted octanol–water partition coefficient (Wildman–Crippen LogP) is 4.06. The maximum absolute atomic E-state index is 14.5. The molecule has 224 valence electrons. The molecule has 3 atom stereocenters. The monoisotopic (exact) mass is 594 g/mol. The number of benzene rings is 3. The number of likely N-dealkylation sites (N-methyl/N-ethyl adjacent to an activating group) is 1. The molecule has 0 aliphatic carbocycles. The van der Waals surface area contributed by atoms with Crippen LogP contribution in [0, 0.1) is 5.92 Å². The van der Waals surface area contributed by atoms with Crippen molar-refractivity contribution in [2.75, 3.05) is 37.2 Å². The topological polar surface area (TPSA) is 100 Å². The molecule has 0 saturated carbocycles. The second-order valence-electron chi connectivity index (χ2n) is 10.7. The van der Waals surface area contributed by atoms with E-state index >= 15 is 0 Å². The van der Waals surface area contributed by atoms with Gasteiger partial charge in [0.25, 0.3) is 5.91 Å². The number of hydrogen-bond donors (Lipinski definition) is 2. The predicted molar refractivity (Wildman–Crippen MR) is 166 cm³/mol. The van der Waals surface area contributed by atoms with Gasteiger partial charge in [0.05, 0.1) is 37.1 Å². The average molecular weight is 595 g/mol. The zero-order chi connectivity index (χ0) is 29.1. The summed E-state index contributed by atoms with van der Waals surface area (Å²) in [6, 6.07) is 17.2. The Hall–Kier alpha value is -3.66. The quantitative estimate of drug-likeness (QED) is 0.428. The summed E-state index contributed by atoms with van der Waals surface area (Å²) in [5, 5.41) is 7.90. The lowest BCUT2D eigenvalue weighted by atomic mass is 9.96. The van der Waals surface area contributed by atoms with Crippen LogP contribution in [0.5, 0.6) is 5.75 Å². The van der Waals surface area contributed by atoms with Crippen molar-refractivity contribution in [1.82, 2.24) is 10.6 Å². The van der Waals surface area contributed by atoms with Gasteiger partial charge in [0, 0.05) is 24.7 Å². The molecule has 42 heavy (non-hydrogen) atoms. The molecule has 3 aromatic rings. The third-order valence-corrected chi connectivity index (χ3v) is 8.32. The van der Waals surface area contributed by atoms with E-state index in [0.717, 1.165) is 16.3 Å². The van der Waals surface area contributed by atoms with Crippen LogP contribution in [0.15, 0.2) is 60.7 Å². The van der Waals surface area contributed by atoms with E-state index in [9.17, 15) is 14.4 Å². The molecule has 2 aliphatic heterocycles. The minimum Gasteiger partial charge on any atom is -0.496 e. The summed E-state index contributed by atoms with van der Waals surface area (Å²) in [5.74, 6) is -0.243. The molecular formula is C32H39ClN4O5. The number of nitrogens with zero attached hydrogens (tertiary/aromatic N) is 2. The van der Waals surface area contributed by atoms with Gasteiger partial charge in [-0.2, -0.15) is 0 Å². The Morgan fingerprint density at radius 3 is 2.38 bits per heavy atom. The lowest BCUT2D eigenvalue weighted by Gasteiger charge is -2.35. The molecule has 2 heterocycles. The van der Waals surface area contributed by atoms with E-state index in [2.05, 4.69) is 10.6 Å². The number of para-hydroxylation sites is 2. The van der Waals surface area contributed by atoms with Crippen LogP contribution in [0.3, 0.4) is 0 Å². The van der Waals surface area contributed by atoms with Crippen LogP contribution in [-0.4, -0.2) is 63.2 Å². The van der Waals surface area contributed by atoms with Gasteiger partial charge in [-0.15, -0.1) is 12.4 Å². The SMILES string of the molecule is CN[C@@H](C)C(=O)N[C@@H]1C(=O)N(Cc2c(OC)ccc3ccccc23)c2ccccc2N(C(=O)C2CCOCC2)[C@H]1C.Cl. The Balaban J connectivity index is 0.00000405. The highest BCUT2D eigenvalue weighted by Crippen LogP contribution is 2.39. The molecule has 10 heteroatoms. The summed E-state index contributed by atoms with van der Waals surface area (Å²) in [6.45, 7) is 4.81. The van der Waals surface area contributed by atoms with Crippen LogP contribution in [0.4, 0.5) is 11.4 Å². The molecule has 0 aromatic heterocycles. The van der Waals surface area contributed by atoms with Crippen molar-refractivity contribution >= 4 is 52.3 Å². The second kappa shape index (κ2) is 13.5. The van der Waals surface area contributed by atoms with Crippen molar-refractivity contribution in [3.8, 4) is 5.75 Å². The van der Waals surface area contributed by atoms with Crippen LogP contribution < -0.4 is 25.2 Å². The van der Waals surface area contributed by atoms with Crippen molar-refractivity contribution in [3.05, 3.63) is 66.2 Å². The fraction of sp³-hybridized carbons (Fsp3) is 0.406. The third-order valence-electron chi connectivity index (χ3n) is 8.32. The molecular weight excluding hydrogens is 556 g/mol. The molecule has 3 amide bonds. The number of halogens is 1. The van der Waals surface area contributed by atoms with E-state index in [0.29, 0.717) is 43.2 Å². The molecule has 5 rings (SSSR count). The molecule has 1 fully saturated rings. The molecule has 2 aliphatic rings. The number of carbonyl (C=O) groups is 3. The smallest absolute Gasteiger partial charge is 0.252 e. The maximum atomic E-state index is 14.5. The van der Waals surface area contributed by atoms with E-state index in [1.807, 2.05) is 67.6 Å². The van der Waals surface area contributed by atoms with Crippen LogP contribution in [0.2, 0.25) is 0 Å².